The summed E-state index contributed by atoms with van der Waals surface area (Å²) in [7, 11) is -2.26. The molecule has 2 aromatic heterocycles. The van der Waals surface area contributed by atoms with Crippen molar-refractivity contribution >= 4 is 38.4 Å². The van der Waals surface area contributed by atoms with Gasteiger partial charge in [-0.05, 0) is 24.3 Å². The summed E-state index contributed by atoms with van der Waals surface area (Å²) in [6.07, 6.45) is 2.70. The number of para-hydroxylation sites is 3. The summed E-state index contributed by atoms with van der Waals surface area (Å²) in [5.41, 5.74) is 1.79. The number of rotatable bonds is 5. The lowest BCUT2D eigenvalue weighted by atomic mass is 10.2. The van der Waals surface area contributed by atoms with Gasteiger partial charge in [0.1, 0.15) is 10.7 Å². The van der Waals surface area contributed by atoms with Gasteiger partial charge in [0.2, 0.25) is 0 Å². The minimum atomic E-state index is -3.90. The van der Waals surface area contributed by atoms with Gasteiger partial charge in [-0.2, -0.15) is 5.10 Å². The fourth-order valence-electron chi connectivity index (χ4n) is 3.87. The van der Waals surface area contributed by atoms with E-state index in [0.29, 0.717) is 48.7 Å². The smallest absolute Gasteiger partial charge is 0.266 e. The van der Waals surface area contributed by atoms with E-state index < -0.39 is 10.0 Å². The maximum absolute atomic E-state index is 14.2. The zero-order valence-corrected chi connectivity index (χ0v) is 18.7. The lowest BCUT2D eigenvalue weighted by molar-refractivity contribution is 0.595. The van der Waals surface area contributed by atoms with Gasteiger partial charge in [0, 0.05) is 39.4 Å². The van der Waals surface area contributed by atoms with Gasteiger partial charge in [0.05, 0.1) is 22.9 Å². The van der Waals surface area contributed by atoms with Crippen LogP contribution in [0.2, 0.25) is 0 Å². The highest BCUT2D eigenvalue weighted by molar-refractivity contribution is 7.92. The van der Waals surface area contributed by atoms with Crippen molar-refractivity contribution in [2.45, 2.75) is 4.90 Å². The number of aryl methyl sites for hydroxylation is 1. The molecule has 2 aromatic carbocycles. The third kappa shape index (κ3) is 4.19. The Morgan fingerprint density at radius 1 is 0.909 bits per heavy atom. The number of aromatic nitrogens is 4. The molecule has 9 nitrogen and oxygen atoms in total. The van der Waals surface area contributed by atoms with E-state index in [4.69, 9.17) is 4.98 Å². The maximum atomic E-state index is 14.2. The molecule has 170 valence electrons. The van der Waals surface area contributed by atoms with Crippen molar-refractivity contribution in [1.29, 1.82) is 0 Å². The van der Waals surface area contributed by atoms with Crippen molar-refractivity contribution in [3.8, 4) is 0 Å². The number of anilines is 3. The predicted molar refractivity (Wildman–Crippen MR) is 124 cm³/mol. The second-order valence-corrected chi connectivity index (χ2v) is 9.45. The molecule has 4 aromatic rings. The minimum Gasteiger partial charge on any atom is -0.366 e. The summed E-state index contributed by atoms with van der Waals surface area (Å²) in [6, 6.07) is 14.0. The molecule has 1 aliphatic heterocycles. The van der Waals surface area contributed by atoms with Gasteiger partial charge in [-0.1, -0.05) is 24.3 Å². The summed E-state index contributed by atoms with van der Waals surface area (Å²) in [6.45, 7) is 2.18. The van der Waals surface area contributed by atoms with Crippen molar-refractivity contribution in [2.24, 2.45) is 7.05 Å². The zero-order chi connectivity index (χ0) is 23.0. The summed E-state index contributed by atoms with van der Waals surface area (Å²) < 4.78 is 44.1. The molecule has 11 heteroatoms. The van der Waals surface area contributed by atoms with Crippen LogP contribution in [-0.2, 0) is 17.1 Å². The molecule has 1 fully saturated rings. The standard InChI is InChI=1S/C22H22FN7O2S/c1-28-15-16(14-24-28)33(31,32)27-21-22(26-19-8-4-3-7-18(19)25-21)30-12-10-29(11-13-30)20-9-5-2-6-17(20)23/h2-9,14-15H,10-13H2,1H3,(H,25,27). The molecular formula is C22H22FN7O2S. The van der Waals surface area contributed by atoms with Crippen LogP contribution in [0.25, 0.3) is 11.0 Å². The molecule has 0 amide bonds. The Morgan fingerprint density at radius 3 is 2.21 bits per heavy atom. The average Bonchev–Trinajstić information content (AvgIpc) is 3.26. The van der Waals surface area contributed by atoms with Gasteiger partial charge in [0.25, 0.3) is 10.0 Å². The largest absolute Gasteiger partial charge is 0.366 e. The Bertz CT molecular complexity index is 1420. The van der Waals surface area contributed by atoms with Gasteiger partial charge in [0.15, 0.2) is 11.6 Å². The number of benzene rings is 2. The molecule has 0 atom stereocenters. The molecule has 33 heavy (non-hydrogen) atoms. The lowest BCUT2D eigenvalue weighted by Crippen LogP contribution is -2.47. The molecule has 1 aliphatic rings. The third-order valence-electron chi connectivity index (χ3n) is 5.55. The monoisotopic (exact) mass is 467 g/mol. The Kier molecular flexibility index (Phi) is 5.33. The molecule has 1 N–H and O–H groups in total. The summed E-state index contributed by atoms with van der Waals surface area (Å²) in [4.78, 5) is 13.3. The summed E-state index contributed by atoms with van der Waals surface area (Å²) >= 11 is 0. The van der Waals surface area contributed by atoms with Crippen molar-refractivity contribution in [2.75, 3.05) is 40.7 Å². The topological polar surface area (TPSA) is 96.2 Å². The number of nitrogens with one attached hydrogen (secondary N) is 1. The van der Waals surface area contributed by atoms with Crippen LogP contribution in [0.5, 0.6) is 0 Å². The first kappa shape index (κ1) is 21.1. The molecular weight excluding hydrogens is 445 g/mol. The number of nitrogens with zero attached hydrogens (tertiary/aromatic N) is 6. The van der Waals surface area contributed by atoms with Crippen molar-refractivity contribution < 1.29 is 12.8 Å². The van der Waals surface area contributed by atoms with E-state index >= 15 is 0 Å². The molecule has 3 heterocycles. The van der Waals surface area contributed by atoms with E-state index in [2.05, 4.69) is 14.8 Å². The number of sulfonamides is 1. The van der Waals surface area contributed by atoms with Crippen LogP contribution in [0.1, 0.15) is 0 Å². The maximum Gasteiger partial charge on any atom is 0.266 e. The normalized spacial score (nSPS) is 14.6. The first-order valence-corrected chi connectivity index (χ1v) is 11.9. The van der Waals surface area contributed by atoms with Crippen molar-refractivity contribution in [3.63, 3.8) is 0 Å². The predicted octanol–water partition coefficient (Wildman–Crippen LogP) is 2.63. The van der Waals surface area contributed by atoms with Crippen LogP contribution < -0.4 is 14.5 Å². The molecule has 0 saturated carbocycles. The van der Waals surface area contributed by atoms with Crippen molar-refractivity contribution in [1.82, 2.24) is 19.7 Å². The van der Waals surface area contributed by atoms with Gasteiger partial charge in [-0.25, -0.2) is 22.8 Å². The number of piperazine rings is 1. The molecule has 1 saturated heterocycles. The molecule has 5 rings (SSSR count). The van der Waals surface area contributed by atoms with Crippen LogP contribution in [0, 0.1) is 5.82 Å². The van der Waals surface area contributed by atoms with E-state index in [1.807, 2.05) is 34.1 Å². The number of hydrogen-bond acceptors (Lipinski definition) is 7. The molecule has 0 bridgehead atoms. The van der Waals surface area contributed by atoms with Gasteiger partial charge in [-0.15, -0.1) is 0 Å². The highest BCUT2D eigenvalue weighted by atomic mass is 32.2. The van der Waals surface area contributed by atoms with E-state index in [9.17, 15) is 12.8 Å². The average molecular weight is 468 g/mol. The molecule has 0 unspecified atom stereocenters. The van der Waals surface area contributed by atoms with Crippen LogP contribution in [0.15, 0.2) is 65.8 Å². The highest BCUT2D eigenvalue weighted by Gasteiger charge is 2.26. The second-order valence-electron chi connectivity index (χ2n) is 7.77. The van der Waals surface area contributed by atoms with E-state index in [0.717, 1.165) is 0 Å². The number of fused-ring (bicyclic) bond motifs is 1. The Hall–Kier alpha value is -3.73. The molecule has 0 aliphatic carbocycles. The Balaban J connectivity index is 1.47. The van der Waals surface area contributed by atoms with Gasteiger partial charge >= 0.3 is 0 Å². The number of hydrogen-bond donors (Lipinski definition) is 1. The van der Waals surface area contributed by atoms with E-state index in [1.54, 1.807) is 25.2 Å². The first-order chi connectivity index (χ1) is 15.9. The van der Waals surface area contributed by atoms with E-state index in [1.165, 1.54) is 23.1 Å². The van der Waals surface area contributed by atoms with Gasteiger partial charge < -0.3 is 9.80 Å². The summed E-state index contributed by atoms with van der Waals surface area (Å²) in [5, 5.41) is 3.95. The second kappa shape index (κ2) is 8.32. The lowest BCUT2D eigenvalue weighted by Gasteiger charge is -2.37. The number of halogens is 1. The molecule has 0 spiro atoms. The van der Waals surface area contributed by atoms with Crippen LogP contribution in [-0.4, -0.2) is 54.3 Å². The van der Waals surface area contributed by atoms with Crippen LogP contribution in [0.3, 0.4) is 0 Å². The minimum absolute atomic E-state index is 0.0373. The van der Waals surface area contributed by atoms with Crippen molar-refractivity contribution in [3.05, 3.63) is 66.7 Å². The zero-order valence-electron chi connectivity index (χ0n) is 17.9. The summed E-state index contributed by atoms with van der Waals surface area (Å²) in [5.74, 6) is 0.326. The third-order valence-corrected chi connectivity index (χ3v) is 6.84. The highest BCUT2D eigenvalue weighted by Crippen LogP contribution is 2.29. The molecule has 0 radical (unpaired) electrons. The van der Waals surface area contributed by atoms with Gasteiger partial charge in [-0.3, -0.25) is 9.40 Å². The fraction of sp³-hybridized carbons (Fsp3) is 0.227. The SMILES string of the molecule is Cn1cc(S(=O)(=O)Nc2nc3ccccc3nc2N2CCN(c3ccccc3F)CC2)cn1. The van der Waals surface area contributed by atoms with Crippen LogP contribution in [0.4, 0.5) is 21.7 Å². The fourth-order valence-corrected chi connectivity index (χ4v) is 4.86. The quantitative estimate of drug-likeness (QED) is 0.482. The Labute approximate surface area is 190 Å². The van der Waals surface area contributed by atoms with E-state index in [-0.39, 0.29) is 16.5 Å². The van der Waals surface area contributed by atoms with Crippen LogP contribution >= 0.6 is 0 Å². The first-order valence-electron chi connectivity index (χ1n) is 10.4. The Morgan fingerprint density at radius 2 is 1.55 bits per heavy atom.